The van der Waals surface area contributed by atoms with Crippen LogP contribution in [0.15, 0.2) is 54.1 Å². The molecule has 6 heteroatoms. The van der Waals surface area contributed by atoms with Gasteiger partial charge in [-0.1, -0.05) is 19.1 Å². The number of ether oxygens (including phenoxy) is 1. The summed E-state index contributed by atoms with van der Waals surface area (Å²) in [5, 5.41) is 20.5. The maximum Gasteiger partial charge on any atom is 0.295 e. The number of phenolic OH excluding ortho intramolecular Hbond substituents is 1. The van der Waals surface area contributed by atoms with Crippen molar-refractivity contribution in [1.29, 1.82) is 0 Å². The Kier molecular flexibility index (Phi) is 5.68. The molecule has 1 aliphatic heterocycles. The van der Waals surface area contributed by atoms with Crippen LogP contribution in [0.5, 0.6) is 11.5 Å². The van der Waals surface area contributed by atoms with Crippen molar-refractivity contribution >= 4 is 17.4 Å². The number of benzene rings is 2. The second-order valence-corrected chi connectivity index (χ2v) is 6.54. The molecule has 2 aromatic rings. The third-order valence-corrected chi connectivity index (χ3v) is 4.65. The zero-order valence-electron chi connectivity index (χ0n) is 15.9. The quantitative estimate of drug-likeness (QED) is 0.453. The van der Waals surface area contributed by atoms with Gasteiger partial charge < -0.3 is 19.8 Å². The molecule has 28 heavy (non-hydrogen) atoms. The molecule has 1 unspecified atom stereocenters. The van der Waals surface area contributed by atoms with Crippen LogP contribution in [0.1, 0.15) is 37.4 Å². The van der Waals surface area contributed by atoms with E-state index in [-0.39, 0.29) is 17.1 Å². The molecule has 0 aliphatic carbocycles. The van der Waals surface area contributed by atoms with Crippen LogP contribution < -0.4 is 4.74 Å². The minimum absolute atomic E-state index is 0.0494. The van der Waals surface area contributed by atoms with Crippen LogP contribution in [0.25, 0.3) is 5.76 Å². The lowest BCUT2D eigenvalue weighted by atomic mass is 9.95. The molecule has 146 valence electrons. The molecule has 0 spiro atoms. The Morgan fingerprint density at radius 3 is 2.25 bits per heavy atom. The van der Waals surface area contributed by atoms with Gasteiger partial charge in [-0.25, -0.2) is 0 Å². The van der Waals surface area contributed by atoms with Gasteiger partial charge in [0, 0.05) is 12.1 Å². The van der Waals surface area contributed by atoms with Crippen molar-refractivity contribution in [2.45, 2.75) is 26.3 Å². The van der Waals surface area contributed by atoms with Crippen LogP contribution in [0.4, 0.5) is 0 Å². The highest BCUT2D eigenvalue weighted by Gasteiger charge is 2.45. The summed E-state index contributed by atoms with van der Waals surface area (Å²) in [6.45, 7) is 4.70. The van der Waals surface area contributed by atoms with E-state index in [9.17, 15) is 19.8 Å². The lowest BCUT2D eigenvalue weighted by Gasteiger charge is -2.24. The third-order valence-electron chi connectivity index (χ3n) is 4.65. The van der Waals surface area contributed by atoms with E-state index in [2.05, 4.69) is 0 Å². The number of hydrogen-bond donors (Lipinski definition) is 2. The number of phenols is 1. The molecule has 0 aromatic heterocycles. The highest BCUT2D eigenvalue weighted by Crippen LogP contribution is 2.39. The first-order chi connectivity index (χ1) is 13.5. The summed E-state index contributed by atoms with van der Waals surface area (Å²) in [5.74, 6) is -0.827. The van der Waals surface area contributed by atoms with Crippen molar-refractivity contribution < 1.29 is 24.5 Å². The zero-order chi connectivity index (χ0) is 20.3. The fourth-order valence-corrected chi connectivity index (χ4v) is 3.39. The van der Waals surface area contributed by atoms with Gasteiger partial charge in [-0.15, -0.1) is 0 Å². The number of aromatic hydroxyl groups is 1. The molecule has 1 aliphatic rings. The first-order valence-electron chi connectivity index (χ1n) is 9.28. The van der Waals surface area contributed by atoms with E-state index in [0.29, 0.717) is 36.4 Å². The van der Waals surface area contributed by atoms with Crippen LogP contribution in [-0.4, -0.2) is 40.0 Å². The molecule has 1 atom stereocenters. The Morgan fingerprint density at radius 1 is 1.04 bits per heavy atom. The normalized spacial score (nSPS) is 18.5. The zero-order valence-corrected chi connectivity index (χ0v) is 15.9. The van der Waals surface area contributed by atoms with E-state index in [0.717, 1.165) is 0 Å². The average Bonchev–Trinajstić information content (AvgIpc) is 2.94. The van der Waals surface area contributed by atoms with Crippen molar-refractivity contribution in [3.63, 3.8) is 0 Å². The molecular weight excluding hydrogens is 358 g/mol. The first-order valence-corrected chi connectivity index (χ1v) is 9.28. The molecule has 6 nitrogen and oxygen atoms in total. The van der Waals surface area contributed by atoms with Gasteiger partial charge in [0.1, 0.15) is 17.3 Å². The molecule has 0 saturated carbocycles. The van der Waals surface area contributed by atoms with Gasteiger partial charge in [0.15, 0.2) is 0 Å². The number of amides is 1. The highest BCUT2D eigenvalue weighted by molar-refractivity contribution is 6.46. The first kappa shape index (κ1) is 19.5. The van der Waals surface area contributed by atoms with Crippen molar-refractivity contribution in [3.05, 3.63) is 65.2 Å². The Balaban J connectivity index is 2.10. The smallest absolute Gasteiger partial charge is 0.295 e. The number of rotatable bonds is 6. The SMILES string of the molecule is CCCN1C(=O)C(=O)/C(=C(\O)c2ccc(OCC)cc2)C1c1ccc(O)cc1. The lowest BCUT2D eigenvalue weighted by Crippen LogP contribution is -2.30. The van der Waals surface area contributed by atoms with Crippen LogP contribution in [0.2, 0.25) is 0 Å². The highest BCUT2D eigenvalue weighted by atomic mass is 16.5. The fourth-order valence-electron chi connectivity index (χ4n) is 3.39. The summed E-state index contributed by atoms with van der Waals surface area (Å²) < 4.78 is 5.40. The van der Waals surface area contributed by atoms with E-state index in [1.165, 1.54) is 17.0 Å². The van der Waals surface area contributed by atoms with E-state index in [4.69, 9.17) is 4.74 Å². The monoisotopic (exact) mass is 381 g/mol. The number of hydrogen-bond acceptors (Lipinski definition) is 5. The van der Waals surface area contributed by atoms with Crippen LogP contribution in [0.3, 0.4) is 0 Å². The average molecular weight is 381 g/mol. The predicted molar refractivity (Wildman–Crippen MR) is 105 cm³/mol. The molecule has 1 saturated heterocycles. The maximum atomic E-state index is 12.7. The second kappa shape index (κ2) is 8.17. The Bertz CT molecular complexity index is 900. The number of carbonyl (C=O) groups is 2. The molecule has 2 N–H and O–H groups in total. The van der Waals surface area contributed by atoms with E-state index in [1.54, 1.807) is 36.4 Å². The number of nitrogens with zero attached hydrogens (tertiary/aromatic N) is 1. The van der Waals surface area contributed by atoms with Crippen molar-refractivity contribution in [1.82, 2.24) is 4.90 Å². The minimum Gasteiger partial charge on any atom is -0.508 e. The van der Waals surface area contributed by atoms with Gasteiger partial charge >= 0.3 is 0 Å². The van der Waals surface area contributed by atoms with Crippen molar-refractivity contribution in [2.24, 2.45) is 0 Å². The number of ketones is 1. The molecular formula is C22H23NO5. The van der Waals surface area contributed by atoms with Crippen LogP contribution in [0, 0.1) is 0 Å². The van der Waals surface area contributed by atoms with E-state index < -0.39 is 17.7 Å². The van der Waals surface area contributed by atoms with Gasteiger partial charge in [-0.05, 0) is 55.3 Å². The lowest BCUT2D eigenvalue weighted by molar-refractivity contribution is -0.139. The third kappa shape index (κ3) is 3.58. The summed E-state index contributed by atoms with van der Waals surface area (Å²) in [4.78, 5) is 26.8. The summed E-state index contributed by atoms with van der Waals surface area (Å²) in [7, 11) is 0. The largest absolute Gasteiger partial charge is 0.508 e. The Hall–Kier alpha value is -3.28. The van der Waals surface area contributed by atoms with Crippen LogP contribution >= 0.6 is 0 Å². The molecule has 1 heterocycles. The number of Topliss-reactive ketones (excluding diaryl/α,β-unsaturated/α-hetero) is 1. The fraction of sp³-hybridized carbons (Fsp3) is 0.273. The predicted octanol–water partition coefficient (Wildman–Crippen LogP) is 3.62. The van der Waals surface area contributed by atoms with Gasteiger partial charge in [-0.3, -0.25) is 9.59 Å². The number of carbonyl (C=O) groups excluding carboxylic acids is 2. The summed E-state index contributed by atoms with van der Waals surface area (Å²) in [6, 6.07) is 12.3. The standard InChI is InChI=1S/C22H23NO5/c1-3-13-23-19(14-5-9-16(24)10-6-14)18(21(26)22(23)27)20(25)15-7-11-17(12-8-15)28-4-2/h5-12,19,24-25H,3-4,13H2,1-2H3/b20-18-. The number of likely N-dealkylation sites (tertiary alicyclic amines) is 1. The van der Waals surface area contributed by atoms with Crippen molar-refractivity contribution in [3.8, 4) is 11.5 Å². The Labute approximate surface area is 163 Å². The van der Waals surface area contributed by atoms with Gasteiger partial charge in [-0.2, -0.15) is 0 Å². The molecule has 0 bridgehead atoms. The van der Waals surface area contributed by atoms with Gasteiger partial charge in [0.05, 0.1) is 18.2 Å². The number of aliphatic hydroxyl groups is 1. The molecule has 2 aromatic carbocycles. The second-order valence-electron chi connectivity index (χ2n) is 6.54. The van der Waals surface area contributed by atoms with Gasteiger partial charge in [0.25, 0.3) is 11.7 Å². The van der Waals surface area contributed by atoms with E-state index >= 15 is 0 Å². The van der Waals surface area contributed by atoms with E-state index in [1.807, 2.05) is 13.8 Å². The number of aliphatic hydroxyl groups excluding tert-OH is 1. The van der Waals surface area contributed by atoms with Crippen LogP contribution in [-0.2, 0) is 9.59 Å². The summed E-state index contributed by atoms with van der Waals surface area (Å²) in [6.07, 6.45) is 0.671. The summed E-state index contributed by atoms with van der Waals surface area (Å²) in [5.41, 5.74) is 1.13. The Morgan fingerprint density at radius 2 is 1.68 bits per heavy atom. The molecule has 0 radical (unpaired) electrons. The van der Waals surface area contributed by atoms with Crippen molar-refractivity contribution in [2.75, 3.05) is 13.2 Å². The maximum absolute atomic E-state index is 12.7. The summed E-state index contributed by atoms with van der Waals surface area (Å²) >= 11 is 0. The molecule has 3 rings (SSSR count). The molecule has 1 amide bonds. The molecule has 1 fully saturated rings. The topological polar surface area (TPSA) is 87.1 Å². The minimum atomic E-state index is -0.710. The van der Waals surface area contributed by atoms with Gasteiger partial charge in [0.2, 0.25) is 0 Å².